The van der Waals surface area contributed by atoms with Crippen LogP contribution in [0.3, 0.4) is 0 Å². The van der Waals surface area contributed by atoms with Gasteiger partial charge in [0, 0.05) is 31.9 Å². The van der Waals surface area contributed by atoms with Crippen LogP contribution in [0, 0.1) is 0 Å². The Morgan fingerprint density at radius 1 is 1.58 bits per heavy atom. The van der Waals surface area contributed by atoms with Crippen molar-refractivity contribution in [1.82, 2.24) is 15.2 Å². The fourth-order valence-corrected chi connectivity index (χ4v) is 2.18. The van der Waals surface area contributed by atoms with Gasteiger partial charge >= 0.3 is 12.0 Å². The number of hydrogen-bond donors (Lipinski definition) is 2. The maximum atomic E-state index is 11.6. The molecule has 1 rings (SSSR count). The second-order valence-corrected chi connectivity index (χ2v) is 5.17. The summed E-state index contributed by atoms with van der Waals surface area (Å²) in [4.78, 5) is 27.8. The van der Waals surface area contributed by atoms with Gasteiger partial charge in [0.15, 0.2) is 5.69 Å². The third kappa shape index (κ3) is 5.09. The van der Waals surface area contributed by atoms with Gasteiger partial charge in [0.1, 0.15) is 0 Å². The van der Waals surface area contributed by atoms with Gasteiger partial charge in [-0.1, -0.05) is 12.2 Å². The molecule has 2 N–H and O–H groups in total. The molecule has 0 atom stereocenters. The van der Waals surface area contributed by atoms with Crippen LogP contribution in [0.1, 0.15) is 22.4 Å². The third-order valence-electron chi connectivity index (χ3n) is 2.24. The lowest BCUT2D eigenvalue weighted by atomic mass is 10.3. The van der Waals surface area contributed by atoms with Gasteiger partial charge < -0.3 is 15.3 Å². The molecule has 104 valence electrons. The highest BCUT2D eigenvalue weighted by molar-refractivity contribution is 7.09. The number of carbonyl (C=O) groups is 2. The lowest BCUT2D eigenvalue weighted by molar-refractivity contribution is 0.0691. The number of nitrogens with one attached hydrogen (secondary N) is 1. The molecule has 0 radical (unpaired) electrons. The number of amides is 2. The van der Waals surface area contributed by atoms with Crippen LogP contribution >= 0.6 is 11.3 Å². The lowest BCUT2D eigenvalue weighted by Gasteiger charge is -2.17. The summed E-state index contributed by atoms with van der Waals surface area (Å²) in [6.07, 6.45) is 0.518. The summed E-state index contributed by atoms with van der Waals surface area (Å²) < 4.78 is 0. The standard InChI is InChI=1S/C12H17N3O3S/c1-8(2)6-15(3)12(18)13-5-4-10-14-9(7-19-10)11(16)17/h7H,1,4-6H2,2-3H3,(H,13,18)(H,16,17). The zero-order valence-electron chi connectivity index (χ0n) is 11.0. The third-order valence-corrected chi connectivity index (χ3v) is 3.15. The minimum Gasteiger partial charge on any atom is -0.476 e. The van der Waals surface area contributed by atoms with Gasteiger partial charge in [0.25, 0.3) is 0 Å². The van der Waals surface area contributed by atoms with Crippen molar-refractivity contribution in [1.29, 1.82) is 0 Å². The van der Waals surface area contributed by atoms with Gasteiger partial charge in [-0.25, -0.2) is 14.6 Å². The Morgan fingerprint density at radius 3 is 2.79 bits per heavy atom. The molecule has 2 amide bonds. The van der Waals surface area contributed by atoms with Crippen LogP contribution < -0.4 is 5.32 Å². The SMILES string of the molecule is C=C(C)CN(C)C(=O)NCCc1nc(C(=O)O)cs1. The normalized spacial score (nSPS) is 10.0. The van der Waals surface area contributed by atoms with Gasteiger partial charge in [-0.15, -0.1) is 11.3 Å². The number of hydrogen-bond acceptors (Lipinski definition) is 4. The van der Waals surface area contributed by atoms with E-state index in [1.807, 2.05) is 6.92 Å². The molecule has 0 aliphatic heterocycles. The summed E-state index contributed by atoms with van der Waals surface area (Å²) in [5.74, 6) is -1.03. The maximum Gasteiger partial charge on any atom is 0.355 e. The number of aromatic carboxylic acids is 1. The summed E-state index contributed by atoms with van der Waals surface area (Å²) in [5.41, 5.74) is 0.953. The van der Waals surface area contributed by atoms with Gasteiger partial charge in [-0.05, 0) is 6.92 Å². The van der Waals surface area contributed by atoms with Crippen LogP contribution in [0.15, 0.2) is 17.5 Å². The number of likely N-dealkylation sites (N-methyl/N-ethyl adjacent to an activating group) is 1. The predicted octanol–water partition coefficient (Wildman–Crippen LogP) is 1.60. The number of carboxylic acid groups (broad SMARTS) is 1. The lowest BCUT2D eigenvalue weighted by Crippen LogP contribution is -2.38. The molecule has 0 spiro atoms. The van der Waals surface area contributed by atoms with Crippen molar-refractivity contribution in [2.75, 3.05) is 20.1 Å². The van der Waals surface area contributed by atoms with Crippen molar-refractivity contribution in [3.05, 3.63) is 28.2 Å². The number of thiazole rings is 1. The minimum atomic E-state index is -1.03. The molecule has 0 aromatic carbocycles. The first-order valence-corrected chi connectivity index (χ1v) is 6.59. The Balaban J connectivity index is 2.35. The van der Waals surface area contributed by atoms with E-state index in [1.165, 1.54) is 21.6 Å². The monoisotopic (exact) mass is 283 g/mol. The van der Waals surface area contributed by atoms with E-state index in [9.17, 15) is 9.59 Å². The molecule has 1 aromatic heterocycles. The van der Waals surface area contributed by atoms with Crippen LogP contribution in [0.2, 0.25) is 0 Å². The summed E-state index contributed by atoms with van der Waals surface area (Å²) in [5, 5.41) is 13.7. The first kappa shape index (κ1) is 15.2. The fraction of sp³-hybridized carbons (Fsp3) is 0.417. The minimum absolute atomic E-state index is 0.0470. The number of aromatic nitrogens is 1. The zero-order chi connectivity index (χ0) is 14.4. The number of nitrogens with zero attached hydrogens (tertiary/aromatic N) is 2. The molecule has 0 unspecified atom stereocenters. The van der Waals surface area contributed by atoms with E-state index in [2.05, 4.69) is 16.9 Å². The van der Waals surface area contributed by atoms with Crippen LogP contribution in [-0.4, -0.2) is 47.1 Å². The first-order chi connectivity index (χ1) is 8.90. The van der Waals surface area contributed by atoms with Crippen molar-refractivity contribution < 1.29 is 14.7 Å². The number of carbonyl (C=O) groups excluding carboxylic acids is 1. The second-order valence-electron chi connectivity index (χ2n) is 4.23. The Morgan fingerprint density at radius 2 is 2.26 bits per heavy atom. The molecule has 19 heavy (non-hydrogen) atoms. The smallest absolute Gasteiger partial charge is 0.355 e. The van der Waals surface area contributed by atoms with Crippen molar-refractivity contribution in [2.24, 2.45) is 0 Å². The average molecular weight is 283 g/mol. The molecule has 0 saturated carbocycles. The molecule has 0 aliphatic rings. The molecule has 7 heteroatoms. The van der Waals surface area contributed by atoms with Crippen LogP contribution in [0.4, 0.5) is 4.79 Å². The van der Waals surface area contributed by atoms with Crippen LogP contribution in [0.25, 0.3) is 0 Å². The number of urea groups is 1. The van der Waals surface area contributed by atoms with Crippen LogP contribution in [-0.2, 0) is 6.42 Å². The maximum absolute atomic E-state index is 11.6. The van der Waals surface area contributed by atoms with E-state index in [4.69, 9.17) is 5.11 Å². The fourth-order valence-electron chi connectivity index (χ4n) is 1.41. The van der Waals surface area contributed by atoms with E-state index in [0.717, 1.165) is 5.57 Å². The van der Waals surface area contributed by atoms with Gasteiger partial charge in [-0.2, -0.15) is 0 Å². The van der Waals surface area contributed by atoms with Crippen LogP contribution in [0.5, 0.6) is 0 Å². The van der Waals surface area contributed by atoms with Gasteiger partial charge in [0.05, 0.1) is 5.01 Å². The topological polar surface area (TPSA) is 82.5 Å². The van der Waals surface area contributed by atoms with Crippen molar-refractivity contribution in [3.63, 3.8) is 0 Å². The zero-order valence-corrected chi connectivity index (χ0v) is 11.8. The molecule has 0 aliphatic carbocycles. The van der Waals surface area contributed by atoms with E-state index in [0.29, 0.717) is 24.5 Å². The van der Waals surface area contributed by atoms with E-state index >= 15 is 0 Å². The molecule has 6 nitrogen and oxygen atoms in total. The molecular weight excluding hydrogens is 266 g/mol. The average Bonchev–Trinajstić information content (AvgIpc) is 2.76. The summed E-state index contributed by atoms with van der Waals surface area (Å²) in [6.45, 7) is 6.52. The highest BCUT2D eigenvalue weighted by Gasteiger charge is 2.10. The first-order valence-electron chi connectivity index (χ1n) is 5.71. The summed E-state index contributed by atoms with van der Waals surface area (Å²) in [6, 6.07) is -0.182. The molecular formula is C12H17N3O3S. The quantitative estimate of drug-likeness (QED) is 0.777. The Kier molecular flexibility index (Phi) is 5.50. The Hall–Kier alpha value is -1.89. The summed E-state index contributed by atoms with van der Waals surface area (Å²) in [7, 11) is 1.69. The molecule has 0 bridgehead atoms. The van der Waals surface area contributed by atoms with Gasteiger partial charge in [0.2, 0.25) is 0 Å². The largest absolute Gasteiger partial charge is 0.476 e. The highest BCUT2D eigenvalue weighted by atomic mass is 32.1. The molecule has 0 fully saturated rings. The van der Waals surface area contributed by atoms with E-state index in [1.54, 1.807) is 7.05 Å². The van der Waals surface area contributed by atoms with Crippen molar-refractivity contribution >= 4 is 23.3 Å². The van der Waals surface area contributed by atoms with E-state index < -0.39 is 5.97 Å². The van der Waals surface area contributed by atoms with Crippen molar-refractivity contribution in [2.45, 2.75) is 13.3 Å². The Bertz CT molecular complexity index is 484. The number of carboxylic acids is 1. The second kappa shape index (κ2) is 6.89. The van der Waals surface area contributed by atoms with E-state index in [-0.39, 0.29) is 11.7 Å². The highest BCUT2D eigenvalue weighted by Crippen LogP contribution is 2.09. The summed E-state index contributed by atoms with van der Waals surface area (Å²) >= 11 is 1.28. The molecule has 1 aromatic rings. The van der Waals surface area contributed by atoms with Gasteiger partial charge in [-0.3, -0.25) is 0 Å². The predicted molar refractivity (Wildman–Crippen MR) is 73.6 cm³/mol. The number of rotatable bonds is 6. The van der Waals surface area contributed by atoms with Crippen molar-refractivity contribution in [3.8, 4) is 0 Å². The molecule has 0 saturated heterocycles. The molecule has 1 heterocycles. The Labute approximate surface area is 115 Å².